The van der Waals surface area contributed by atoms with E-state index in [1.54, 1.807) is 19.1 Å². The van der Waals surface area contributed by atoms with Crippen molar-refractivity contribution in [2.24, 2.45) is 0 Å². The van der Waals surface area contributed by atoms with Crippen LogP contribution in [0.2, 0.25) is 5.02 Å². The van der Waals surface area contributed by atoms with Gasteiger partial charge in [0, 0.05) is 10.7 Å². The molecular formula is C14H11ClF2N2O. The highest BCUT2D eigenvalue weighted by Crippen LogP contribution is 2.23. The molecule has 2 aromatic carbocycles. The average molecular weight is 297 g/mol. The van der Waals surface area contributed by atoms with Crippen molar-refractivity contribution in [3.05, 3.63) is 58.1 Å². The van der Waals surface area contributed by atoms with Crippen molar-refractivity contribution in [1.29, 1.82) is 0 Å². The van der Waals surface area contributed by atoms with Crippen molar-refractivity contribution in [3.8, 4) is 0 Å². The van der Waals surface area contributed by atoms with Crippen molar-refractivity contribution in [2.75, 3.05) is 11.1 Å². The van der Waals surface area contributed by atoms with Crippen LogP contribution < -0.4 is 11.1 Å². The van der Waals surface area contributed by atoms with Crippen LogP contribution in [0.15, 0.2) is 30.3 Å². The summed E-state index contributed by atoms with van der Waals surface area (Å²) in [4.78, 5) is 12.0. The lowest BCUT2D eigenvalue weighted by atomic mass is 10.1. The molecule has 0 aliphatic rings. The molecule has 2 aromatic rings. The first-order valence-corrected chi connectivity index (χ1v) is 6.08. The molecule has 0 saturated heterocycles. The lowest BCUT2D eigenvalue weighted by Gasteiger charge is -2.10. The van der Waals surface area contributed by atoms with Gasteiger partial charge in [-0.05, 0) is 36.8 Å². The van der Waals surface area contributed by atoms with E-state index in [0.717, 1.165) is 17.7 Å². The maximum absolute atomic E-state index is 13.7. The van der Waals surface area contributed by atoms with E-state index in [9.17, 15) is 13.6 Å². The molecule has 2 rings (SSSR count). The lowest BCUT2D eigenvalue weighted by Crippen LogP contribution is -2.16. The van der Waals surface area contributed by atoms with Gasteiger partial charge in [-0.1, -0.05) is 17.7 Å². The number of nitrogens with one attached hydrogen (secondary N) is 1. The topological polar surface area (TPSA) is 55.1 Å². The SMILES string of the molecule is Cc1ccc(Cl)cc1NC(=O)c1cc(F)cc(N)c1F. The van der Waals surface area contributed by atoms with Crippen LogP contribution in [-0.2, 0) is 0 Å². The Labute approximate surface area is 119 Å². The fourth-order valence-electron chi connectivity index (χ4n) is 1.69. The molecule has 1 amide bonds. The third-order valence-corrected chi connectivity index (χ3v) is 2.99. The summed E-state index contributed by atoms with van der Waals surface area (Å²) >= 11 is 5.82. The molecule has 104 valence electrons. The van der Waals surface area contributed by atoms with Crippen molar-refractivity contribution >= 4 is 28.9 Å². The van der Waals surface area contributed by atoms with Gasteiger partial charge in [0.1, 0.15) is 5.82 Å². The number of halogens is 3. The highest BCUT2D eigenvalue weighted by Gasteiger charge is 2.17. The molecule has 0 radical (unpaired) electrons. The van der Waals surface area contributed by atoms with Crippen LogP contribution in [0.1, 0.15) is 15.9 Å². The van der Waals surface area contributed by atoms with Gasteiger partial charge in [-0.25, -0.2) is 8.78 Å². The molecule has 0 fully saturated rings. The second-order valence-electron chi connectivity index (χ2n) is 4.27. The van der Waals surface area contributed by atoms with Gasteiger partial charge in [0.2, 0.25) is 0 Å². The number of amides is 1. The Balaban J connectivity index is 2.35. The highest BCUT2D eigenvalue weighted by atomic mass is 35.5. The van der Waals surface area contributed by atoms with Crippen molar-refractivity contribution < 1.29 is 13.6 Å². The Morgan fingerprint density at radius 1 is 1.25 bits per heavy atom. The fourth-order valence-corrected chi connectivity index (χ4v) is 1.87. The quantitative estimate of drug-likeness (QED) is 0.829. The van der Waals surface area contributed by atoms with E-state index in [2.05, 4.69) is 5.32 Å². The Morgan fingerprint density at radius 3 is 2.65 bits per heavy atom. The zero-order valence-corrected chi connectivity index (χ0v) is 11.3. The van der Waals surface area contributed by atoms with Gasteiger partial charge in [0.15, 0.2) is 5.82 Å². The first-order valence-electron chi connectivity index (χ1n) is 5.70. The Kier molecular flexibility index (Phi) is 3.90. The smallest absolute Gasteiger partial charge is 0.258 e. The molecule has 3 nitrogen and oxygen atoms in total. The molecule has 0 aliphatic carbocycles. The summed E-state index contributed by atoms with van der Waals surface area (Å²) in [6.45, 7) is 1.75. The molecule has 6 heteroatoms. The summed E-state index contributed by atoms with van der Waals surface area (Å²) in [5.74, 6) is -2.53. The number of aryl methyl sites for hydroxylation is 1. The van der Waals surface area contributed by atoms with Crippen LogP contribution >= 0.6 is 11.6 Å². The number of rotatable bonds is 2. The van der Waals surface area contributed by atoms with Crippen molar-refractivity contribution in [3.63, 3.8) is 0 Å². The number of carbonyl (C=O) groups excluding carboxylic acids is 1. The van der Waals surface area contributed by atoms with Crippen molar-refractivity contribution in [1.82, 2.24) is 0 Å². The second kappa shape index (κ2) is 5.46. The summed E-state index contributed by atoms with van der Waals surface area (Å²) in [7, 11) is 0. The first kappa shape index (κ1) is 14.3. The minimum atomic E-state index is -0.955. The van der Waals surface area contributed by atoms with E-state index in [4.69, 9.17) is 17.3 Å². The van der Waals surface area contributed by atoms with Crippen LogP contribution in [0.3, 0.4) is 0 Å². The van der Waals surface area contributed by atoms with E-state index in [1.807, 2.05) is 0 Å². The molecule has 0 aromatic heterocycles. The van der Waals surface area contributed by atoms with Gasteiger partial charge < -0.3 is 11.1 Å². The Hall–Kier alpha value is -2.14. The number of carbonyl (C=O) groups is 1. The molecular weight excluding hydrogens is 286 g/mol. The summed E-state index contributed by atoms with van der Waals surface area (Å²) in [5, 5.41) is 2.90. The third kappa shape index (κ3) is 2.88. The third-order valence-electron chi connectivity index (χ3n) is 2.76. The second-order valence-corrected chi connectivity index (χ2v) is 4.71. The number of nitrogen functional groups attached to an aromatic ring is 1. The molecule has 0 unspecified atom stereocenters. The van der Waals surface area contributed by atoms with Crippen molar-refractivity contribution in [2.45, 2.75) is 6.92 Å². The molecule has 0 aliphatic heterocycles. The molecule has 0 spiro atoms. The van der Waals surface area contributed by atoms with E-state index in [0.29, 0.717) is 10.7 Å². The number of nitrogens with two attached hydrogens (primary N) is 1. The summed E-state index contributed by atoms with van der Waals surface area (Å²) in [6.07, 6.45) is 0. The highest BCUT2D eigenvalue weighted by molar-refractivity contribution is 6.31. The van der Waals surface area contributed by atoms with Gasteiger partial charge in [-0.15, -0.1) is 0 Å². The normalized spacial score (nSPS) is 10.4. The molecule has 0 atom stereocenters. The molecule has 0 saturated carbocycles. The molecule has 3 N–H and O–H groups in total. The molecule has 0 heterocycles. The number of benzene rings is 2. The largest absolute Gasteiger partial charge is 0.396 e. The van der Waals surface area contributed by atoms with Gasteiger partial charge in [-0.3, -0.25) is 4.79 Å². The van der Waals surface area contributed by atoms with Crippen LogP contribution in [0, 0.1) is 18.6 Å². The molecule has 20 heavy (non-hydrogen) atoms. The number of hydrogen-bond donors (Lipinski definition) is 2. The summed E-state index contributed by atoms with van der Waals surface area (Å²) in [6, 6.07) is 6.49. The summed E-state index contributed by atoms with van der Waals surface area (Å²) in [5.41, 5.74) is 5.58. The van der Waals surface area contributed by atoms with E-state index in [1.165, 1.54) is 6.07 Å². The van der Waals surface area contributed by atoms with Gasteiger partial charge >= 0.3 is 0 Å². The summed E-state index contributed by atoms with van der Waals surface area (Å²) < 4.78 is 26.9. The zero-order chi connectivity index (χ0) is 14.9. The van der Waals surface area contributed by atoms with Gasteiger partial charge in [0.05, 0.1) is 11.3 Å². The zero-order valence-electron chi connectivity index (χ0n) is 10.5. The van der Waals surface area contributed by atoms with Crippen LogP contribution in [0.25, 0.3) is 0 Å². The van der Waals surface area contributed by atoms with Crippen LogP contribution in [0.5, 0.6) is 0 Å². The number of hydrogen-bond acceptors (Lipinski definition) is 2. The van der Waals surface area contributed by atoms with Crippen LogP contribution in [-0.4, -0.2) is 5.91 Å². The monoisotopic (exact) mass is 296 g/mol. The lowest BCUT2D eigenvalue weighted by molar-refractivity contribution is 0.102. The standard InChI is InChI=1S/C14H11ClF2N2O/c1-7-2-3-8(15)4-12(7)19-14(20)10-5-9(16)6-11(18)13(10)17/h2-6H,18H2,1H3,(H,19,20). The average Bonchev–Trinajstić information content (AvgIpc) is 2.38. The minimum absolute atomic E-state index is 0.419. The predicted octanol–water partition coefficient (Wildman–Crippen LogP) is 3.76. The Bertz CT molecular complexity index is 689. The van der Waals surface area contributed by atoms with Crippen LogP contribution in [0.4, 0.5) is 20.2 Å². The van der Waals surface area contributed by atoms with E-state index < -0.39 is 28.8 Å². The number of anilines is 2. The maximum Gasteiger partial charge on any atom is 0.258 e. The Morgan fingerprint density at radius 2 is 1.95 bits per heavy atom. The first-order chi connectivity index (χ1) is 9.38. The maximum atomic E-state index is 13.7. The molecule has 0 bridgehead atoms. The van der Waals surface area contributed by atoms with E-state index in [-0.39, 0.29) is 0 Å². The predicted molar refractivity (Wildman–Crippen MR) is 74.9 cm³/mol. The fraction of sp³-hybridized carbons (Fsp3) is 0.0714. The minimum Gasteiger partial charge on any atom is -0.396 e. The van der Waals surface area contributed by atoms with Gasteiger partial charge in [0.25, 0.3) is 5.91 Å². The van der Waals surface area contributed by atoms with E-state index >= 15 is 0 Å². The van der Waals surface area contributed by atoms with Gasteiger partial charge in [-0.2, -0.15) is 0 Å².